The van der Waals surface area contributed by atoms with Gasteiger partial charge in [-0.05, 0) is 55.7 Å². The van der Waals surface area contributed by atoms with E-state index in [1.165, 1.54) is 31.7 Å². The van der Waals surface area contributed by atoms with Crippen LogP contribution in [-0.4, -0.2) is 26.6 Å². The van der Waals surface area contributed by atoms with Crippen molar-refractivity contribution in [3.05, 3.63) is 42.1 Å². The standard InChI is InChI=1S/C20H27N3O3S/c1-15-13-18(10-11-19(15)26-2)27(24,25)23-17-9-12-20(21-14-17)22-16-7-5-3-4-6-8-16/h9-14,16,23H,3-8H2,1-2H3,(H,21,22). The van der Waals surface area contributed by atoms with Gasteiger partial charge in [0.25, 0.3) is 10.0 Å². The van der Waals surface area contributed by atoms with E-state index in [2.05, 4.69) is 15.0 Å². The first-order valence-corrected chi connectivity index (χ1v) is 10.9. The lowest BCUT2D eigenvalue weighted by Crippen LogP contribution is -2.19. The number of hydrogen-bond donors (Lipinski definition) is 2. The van der Waals surface area contributed by atoms with Crippen LogP contribution in [0.1, 0.15) is 44.1 Å². The number of aryl methyl sites for hydroxylation is 1. The predicted octanol–water partition coefficient (Wildman–Crippen LogP) is 4.33. The summed E-state index contributed by atoms with van der Waals surface area (Å²) in [5, 5.41) is 3.46. The van der Waals surface area contributed by atoms with Gasteiger partial charge in [0.15, 0.2) is 0 Å². The summed E-state index contributed by atoms with van der Waals surface area (Å²) < 4.78 is 33.0. The van der Waals surface area contributed by atoms with Crippen molar-refractivity contribution < 1.29 is 13.2 Å². The minimum absolute atomic E-state index is 0.196. The van der Waals surface area contributed by atoms with Gasteiger partial charge < -0.3 is 10.1 Å². The van der Waals surface area contributed by atoms with Crippen molar-refractivity contribution in [1.82, 2.24) is 4.98 Å². The number of methoxy groups -OCH3 is 1. The van der Waals surface area contributed by atoms with E-state index >= 15 is 0 Å². The normalized spacial score (nSPS) is 15.8. The molecule has 1 aromatic heterocycles. The molecular weight excluding hydrogens is 362 g/mol. The van der Waals surface area contributed by atoms with Crippen molar-refractivity contribution in [2.24, 2.45) is 0 Å². The zero-order valence-electron chi connectivity index (χ0n) is 15.9. The fourth-order valence-corrected chi connectivity index (χ4v) is 4.53. The SMILES string of the molecule is COc1ccc(S(=O)(=O)Nc2ccc(NC3CCCCCC3)nc2)cc1C. The van der Waals surface area contributed by atoms with Crippen LogP contribution < -0.4 is 14.8 Å². The van der Waals surface area contributed by atoms with Gasteiger partial charge in [-0.15, -0.1) is 0 Å². The maximum atomic E-state index is 12.6. The Morgan fingerprint density at radius 2 is 1.81 bits per heavy atom. The van der Waals surface area contributed by atoms with Gasteiger partial charge in [0.1, 0.15) is 11.6 Å². The zero-order chi connectivity index (χ0) is 19.3. The lowest BCUT2D eigenvalue weighted by atomic mass is 10.1. The van der Waals surface area contributed by atoms with Crippen LogP contribution in [0.3, 0.4) is 0 Å². The average molecular weight is 390 g/mol. The van der Waals surface area contributed by atoms with Crippen molar-refractivity contribution in [3.63, 3.8) is 0 Å². The minimum atomic E-state index is -3.67. The second-order valence-corrected chi connectivity index (χ2v) is 8.68. The van der Waals surface area contributed by atoms with E-state index in [0.29, 0.717) is 17.5 Å². The predicted molar refractivity (Wildman–Crippen MR) is 108 cm³/mol. The van der Waals surface area contributed by atoms with Crippen LogP contribution in [0.2, 0.25) is 0 Å². The summed E-state index contributed by atoms with van der Waals surface area (Å²) in [5.74, 6) is 1.44. The van der Waals surface area contributed by atoms with Crippen molar-refractivity contribution in [1.29, 1.82) is 0 Å². The smallest absolute Gasteiger partial charge is 0.261 e. The molecule has 1 aliphatic carbocycles. The van der Waals surface area contributed by atoms with Crippen LogP contribution in [0.25, 0.3) is 0 Å². The Bertz CT molecular complexity index is 859. The first-order chi connectivity index (χ1) is 13.0. The number of anilines is 2. The number of nitrogens with zero attached hydrogens (tertiary/aromatic N) is 1. The second kappa shape index (κ2) is 8.61. The molecule has 0 spiro atoms. The Hall–Kier alpha value is -2.28. The van der Waals surface area contributed by atoms with E-state index in [9.17, 15) is 8.42 Å². The molecule has 2 aromatic rings. The summed E-state index contributed by atoms with van der Waals surface area (Å²) in [6.07, 6.45) is 8.97. The van der Waals surface area contributed by atoms with Crippen LogP contribution in [0.4, 0.5) is 11.5 Å². The highest BCUT2D eigenvalue weighted by molar-refractivity contribution is 7.92. The molecule has 0 aliphatic heterocycles. The fourth-order valence-electron chi connectivity index (χ4n) is 3.40. The van der Waals surface area contributed by atoms with Crippen LogP contribution in [0.5, 0.6) is 5.75 Å². The van der Waals surface area contributed by atoms with Gasteiger partial charge in [-0.1, -0.05) is 25.7 Å². The third kappa shape index (κ3) is 5.13. The van der Waals surface area contributed by atoms with E-state index in [-0.39, 0.29) is 4.90 Å². The van der Waals surface area contributed by atoms with E-state index in [1.54, 1.807) is 31.5 Å². The maximum absolute atomic E-state index is 12.6. The molecule has 7 heteroatoms. The van der Waals surface area contributed by atoms with Crippen molar-refractivity contribution in [2.75, 3.05) is 17.1 Å². The van der Waals surface area contributed by atoms with Gasteiger partial charge in [0.2, 0.25) is 0 Å². The molecule has 1 saturated carbocycles. The number of pyridine rings is 1. The van der Waals surface area contributed by atoms with E-state index in [0.717, 1.165) is 24.2 Å². The van der Waals surface area contributed by atoms with Gasteiger partial charge in [-0.3, -0.25) is 4.72 Å². The van der Waals surface area contributed by atoms with Crippen molar-refractivity contribution in [3.8, 4) is 5.75 Å². The van der Waals surface area contributed by atoms with Gasteiger partial charge >= 0.3 is 0 Å². The van der Waals surface area contributed by atoms with Crippen molar-refractivity contribution >= 4 is 21.5 Å². The Morgan fingerprint density at radius 1 is 1.07 bits per heavy atom. The van der Waals surface area contributed by atoms with Crippen LogP contribution in [-0.2, 0) is 10.0 Å². The highest BCUT2D eigenvalue weighted by Gasteiger charge is 2.16. The fraction of sp³-hybridized carbons (Fsp3) is 0.450. The van der Waals surface area contributed by atoms with Gasteiger partial charge in [0, 0.05) is 6.04 Å². The monoisotopic (exact) mass is 389 g/mol. The summed E-state index contributed by atoms with van der Waals surface area (Å²) in [5.41, 5.74) is 1.20. The first-order valence-electron chi connectivity index (χ1n) is 9.38. The highest BCUT2D eigenvalue weighted by atomic mass is 32.2. The summed E-state index contributed by atoms with van der Waals surface area (Å²) in [6.45, 7) is 1.81. The number of rotatable bonds is 6. The Kier molecular flexibility index (Phi) is 6.21. The molecule has 6 nitrogen and oxygen atoms in total. The number of benzene rings is 1. The minimum Gasteiger partial charge on any atom is -0.496 e. The van der Waals surface area contributed by atoms with Crippen LogP contribution in [0, 0.1) is 6.92 Å². The molecular formula is C20H27N3O3S. The molecule has 0 saturated heterocycles. The molecule has 1 aromatic carbocycles. The summed E-state index contributed by atoms with van der Waals surface area (Å²) in [4.78, 5) is 4.56. The molecule has 0 atom stereocenters. The lowest BCUT2D eigenvalue weighted by molar-refractivity contribution is 0.411. The molecule has 1 fully saturated rings. The van der Waals surface area contributed by atoms with Gasteiger partial charge in [-0.25, -0.2) is 13.4 Å². The van der Waals surface area contributed by atoms with Crippen molar-refractivity contribution in [2.45, 2.75) is 56.4 Å². The number of aromatic nitrogens is 1. The Balaban J connectivity index is 1.67. The zero-order valence-corrected chi connectivity index (χ0v) is 16.7. The third-order valence-electron chi connectivity index (χ3n) is 4.90. The van der Waals surface area contributed by atoms with E-state index in [1.807, 2.05) is 13.0 Å². The lowest BCUT2D eigenvalue weighted by Gasteiger charge is -2.17. The molecule has 146 valence electrons. The number of sulfonamides is 1. The third-order valence-corrected chi connectivity index (χ3v) is 6.28. The maximum Gasteiger partial charge on any atom is 0.261 e. The Labute approximate surface area is 161 Å². The van der Waals surface area contributed by atoms with Gasteiger partial charge in [0.05, 0.1) is 23.9 Å². The quantitative estimate of drug-likeness (QED) is 0.719. The molecule has 0 bridgehead atoms. The molecule has 3 rings (SSSR count). The molecule has 2 N–H and O–H groups in total. The number of nitrogens with one attached hydrogen (secondary N) is 2. The molecule has 0 amide bonds. The summed E-state index contributed by atoms with van der Waals surface area (Å²) in [6, 6.07) is 8.79. The second-order valence-electron chi connectivity index (χ2n) is 7.00. The first kappa shape index (κ1) is 19.5. The molecule has 1 aliphatic rings. The molecule has 27 heavy (non-hydrogen) atoms. The van der Waals surface area contributed by atoms with E-state index in [4.69, 9.17) is 4.74 Å². The van der Waals surface area contributed by atoms with Gasteiger partial charge in [-0.2, -0.15) is 0 Å². The van der Waals surface area contributed by atoms with Crippen LogP contribution in [0.15, 0.2) is 41.4 Å². The highest BCUT2D eigenvalue weighted by Crippen LogP contribution is 2.24. The van der Waals surface area contributed by atoms with E-state index < -0.39 is 10.0 Å². The number of hydrogen-bond acceptors (Lipinski definition) is 5. The molecule has 0 unspecified atom stereocenters. The largest absolute Gasteiger partial charge is 0.496 e. The molecule has 0 radical (unpaired) electrons. The van der Waals surface area contributed by atoms with Crippen LogP contribution >= 0.6 is 0 Å². The molecule has 1 heterocycles. The Morgan fingerprint density at radius 3 is 2.41 bits per heavy atom. The topological polar surface area (TPSA) is 80.3 Å². The number of ether oxygens (including phenoxy) is 1. The average Bonchev–Trinajstić information content (AvgIpc) is 2.92. The summed E-state index contributed by atoms with van der Waals surface area (Å²) >= 11 is 0. The summed E-state index contributed by atoms with van der Waals surface area (Å²) in [7, 11) is -2.11.